The van der Waals surface area contributed by atoms with Crippen molar-refractivity contribution < 1.29 is 28.3 Å². The van der Waals surface area contributed by atoms with Gasteiger partial charge in [-0.15, -0.1) is 0 Å². The minimum absolute atomic E-state index is 0.0456. The number of hydrogen-bond acceptors (Lipinski definition) is 4. The smallest absolute Gasteiger partial charge is 0.331 e. The first-order valence-corrected chi connectivity index (χ1v) is 7.73. The molecule has 1 aliphatic carbocycles. The molecule has 1 aromatic rings. The molecule has 1 amide bonds. The highest BCUT2D eigenvalue weighted by atomic mass is 19.1. The monoisotopic (exact) mass is 350 g/mol. The number of aliphatic carboxylic acids is 1. The van der Waals surface area contributed by atoms with Crippen molar-refractivity contribution in [3.05, 3.63) is 47.0 Å². The summed E-state index contributed by atoms with van der Waals surface area (Å²) in [4.78, 5) is 28.6. The maximum Gasteiger partial charge on any atom is 0.331 e. The maximum atomic E-state index is 13.3. The van der Waals surface area contributed by atoms with Gasteiger partial charge in [0.1, 0.15) is 11.6 Å². The number of nitrogens with one attached hydrogen (secondary N) is 1. The van der Waals surface area contributed by atoms with Crippen LogP contribution in [0.15, 0.2) is 35.0 Å². The molecule has 0 fully saturated rings. The predicted molar refractivity (Wildman–Crippen MR) is 83.9 cm³/mol. The van der Waals surface area contributed by atoms with Crippen molar-refractivity contribution in [3.8, 4) is 0 Å². The van der Waals surface area contributed by atoms with Crippen LogP contribution in [0.4, 0.5) is 8.78 Å². The Morgan fingerprint density at radius 3 is 2.60 bits per heavy atom. The molecule has 2 atom stereocenters. The fraction of sp³-hybridized carbons (Fsp3) is 0.353. The number of rotatable bonds is 4. The molecule has 0 unspecified atom stereocenters. The molecule has 3 rings (SSSR count). The van der Waals surface area contributed by atoms with E-state index in [-0.39, 0.29) is 23.3 Å². The minimum atomic E-state index is -1.32. The molecular weight excluding hydrogens is 334 g/mol. The number of carboxylic acid groups (broad SMARTS) is 1. The van der Waals surface area contributed by atoms with Crippen LogP contribution in [0.25, 0.3) is 0 Å². The Balaban J connectivity index is 1.68. The van der Waals surface area contributed by atoms with E-state index in [9.17, 15) is 18.4 Å². The molecule has 0 spiro atoms. The number of hydrogen-bond donors (Lipinski definition) is 2. The van der Waals surface area contributed by atoms with Gasteiger partial charge in [0.2, 0.25) is 5.60 Å². The summed E-state index contributed by atoms with van der Waals surface area (Å²) in [7, 11) is 0. The summed E-state index contributed by atoms with van der Waals surface area (Å²) in [6.07, 6.45) is 2.42. The van der Waals surface area contributed by atoms with E-state index in [1.54, 1.807) is 0 Å². The van der Waals surface area contributed by atoms with Crippen LogP contribution in [0.5, 0.6) is 0 Å². The van der Waals surface area contributed by atoms with Gasteiger partial charge in [0.05, 0.1) is 5.71 Å². The van der Waals surface area contributed by atoms with Crippen LogP contribution in [0.2, 0.25) is 0 Å². The Morgan fingerprint density at radius 2 is 2.00 bits per heavy atom. The first kappa shape index (κ1) is 17.1. The lowest BCUT2D eigenvalue weighted by atomic mass is 9.94. The molecule has 6 nitrogen and oxygen atoms in total. The lowest BCUT2D eigenvalue weighted by Gasteiger charge is -2.22. The Kier molecular flexibility index (Phi) is 4.28. The Bertz CT molecular complexity index is 786. The van der Waals surface area contributed by atoms with Crippen molar-refractivity contribution >= 4 is 17.6 Å². The van der Waals surface area contributed by atoms with Crippen molar-refractivity contribution in [3.63, 3.8) is 0 Å². The van der Waals surface area contributed by atoms with Gasteiger partial charge in [0.15, 0.2) is 0 Å². The topological polar surface area (TPSA) is 88.0 Å². The van der Waals surface area contributed by atoms with E-state index in [4.69, 9.17) is 9.94 Å². The predicted octanol–water partition coefficient (Wildman–Crippen LogP) is 2.14. The average molecular weight is 350 g/mol. The van der Waals surface area contributed by atoms with Crippen molar-refractivity contribution in [2.24, 2.45) is 5.16 Å². The van der Waals surface area contributed by atoms with E-state index < -0.39 is 35.2 Å². The molecular formula is C17H16F2N2O4. The molecule has 1 aromatic carbocycles. The zero-order chi connectivity index (χ0) is 18.2. The highest BCUT2D eigenvalue weighted by Gasteiger charge is 2.43. The molecule has 0 saturated heterocycles. The summed E-state index contributed by atoms with van der Waals surface area (Å²) in [5.74, 6) is -2.95. The van der Waals surface area contributed by atoms with E-state index in [2.05, 4.69) is 10.5 Å². The summed E-state index contributed by atoms with van der Waals surface area (Å²) in [5, 5.41) is 15.5. The number of halogens is 2. The largest absolute Gasteiger partial charge is 0.478 e. The third kappa shape index (κ3) is 3.52. The molecule has 0 radical (unpaired) electrons. The summed E-state index contributed by atoms with van der Waals surface area (Å²) in [6, 6.07) is 2.59. The molecule has 8 heteroatoms. The normalized spacial score (nSPS) is 25.2. The molecule has 132 valence electrons. The molecule has 2 N–H and O–H groups in total. The quantitative estimate of drug-likeness (QED) is 0.871. The van der Waals surface area contributed by atoms with Crippen LogP contribution in [0.3, 0.4) is 0 Å². The molecule has 0 saturated carbocycles. The molecule has 25 heavy (non-hydrogen) atoms. The number of carboxylic acids is 1. The number of oxime groups is 1. The highest BCUT2D eigenvalue weighted by molar-refractivity contribution is 6.05. The third-order valence-electron chi connectivity index (χ3n) is 4.26. The Morgan fingerprint density at radius 1 is 1.32 bits per heavy atom. The number of nitrogens with zero attached hydrogens (tertiary/aromatic N) is 1. The van der Waals surface area contributed by atoms with Crippen molar-refractivity contribution in [1.29, 1.82) is 0 Å². The van der Waals surface area contributed by atoms with Crippen LogP contribution >= 0.6 is 0 Å². The maximum absolute atomic E-state index is 13.3. The zero-order valence-corrected chi connectivity index (χ0v) is 13.4. The highest BCUT2D eigenvalue weighted by Crippen LogP contribution is 2.28. The van der Waals surface area contributed by atoms with E-state index in [1.807, 2.05) is 0 Å². The Labute approximate surface area is 142 Å². The van der Waals surface area contributed by atoms with Crippen LogP contribution < -0.4 is 5.32 Å². The summed E-state index contributed by atoms with van der Waals surface area (Å²) in [5.41, 5.74) is -0.583. The van der Waals surface area contributed by atoms with Gasteiger partial charge in [-0.25, -0.2) is 13.6 Å². The first-order valence-electron chi connectivity index (χ1n) is 7.73. The molecule has 0 aromatic heterocycles. The van der Waals surface area contributed by atoms with Gasteiger partial charge in [-0.2, -0.15) is 0 Å². The molecule has 1 heterocycles. The fourth-order valence-electron chi connectivity index (χ4n) is 2.87. The summed E-state index contributed by atoms with van der Waals surface area (Å²) >= 11 is 0. The molecule has 1 aliphatic heterocycles. The number of carbonyl (C=O) groups excluding carboxylic acids is 1. The molecule has 2 aliphatic rings. The lowest BCUT2D eigenvalue weighted by molar-refractivity contribution is -0.142. The second-order valence-corrected chi connectivity index (χ2v) is 6.31. The van der Waals surface area contributed by atoms with Crippen LogP contribution in [-0.2, 0) is 14.4 Å². The van der Waals surface area contributed by atoms with E-state index in [0.717, 1.165) is 18.2 Å². The van der Waals surface area contributed by atoms with E-state index in [1.165, 1.54) is 13.0 Å². The summed E-state index contributed by atoms with van der Waals surface area (Å²) < 4.78 is 26.7. The first-order chi connectivity index (χ1) is 11.8. The van der Waals surface area contributed by atoms with Gasteiger partial charge >= 0.3 is 5.97 Å². The van der Waals surface area contributed by atoms with Crippen molar-refractivity contribution in [2.45, 2.75) is 37.8 Å². The fourth-order valence-corrected chi connectivity index (χ4v) is 2.87. The van der Waals surface area contributed by atoms with Gasteiger partial charge < -0.3 is 15.3 Å². The van der Waals surface area contributed by atoms with Crippen molar-refractivity contribution in [1.82, 2.24) is 5.32 Å². The number of carbonyl (C=O) groups is 2. The van der Waals surface area contributed by atoms with Crippen LogP contribution in [0.1, 0.15) is 31.7 Å². The molecule has 0 bridgehead atoms. The lowest BCUT2D eigenvalue weighted by Crippen LogP contribution is -2.47. The summed E-state index contributed by atoms with van der Waals surface area (Å²) in [6.45, 7) is 1.52. The minimum Gasteiger partial charge on any atom is -0.478 e. The van der Waals surface area contributed by atoms with Crippen molar-refractivity contribution in [2.75, 3.05) is 0 Å². The van der Waals surface area contributed by atoms with Gasteiger partial charge in [0.25, 0.3) is 5.91 Å². The second-order valence-electron chi connectivity index (χ2n) is 6.31. The average Bonchev–Trinajstić information content (AvgIpc) is 3.14. The van der Waals surface area contributed by atoms with Gasteiger partial charge in [-0.05, 0) is 31.9 Å². The van der Waals surface area contributed by atoms with Crippen LogP contribution in [0, 0.1) is 11.6 Å². The van der Waals surface area contributed by atoms with Gasteiger partial charge in [-0.1, -0.05) is 11.2 Å². The Hall–Kier alpha value is -2.77. The van der Waals surface area contributed by atoms with E-state index in [0.29, 0.717) is 12.8 Å². The van der Waals surface area contributed by atoms with Gasteiger partial charge in [0, 0.05) is 29.7 Å². The zero-order valence-electron chi connectivity index (χ0n) is 13.4. The SMILES string of the molecule is C[C@]1(C(=O)N[C@@H]2C=C(C(=O)O)CC2)CC(c2cc(F)cc(F)c2)=NO1. The standard InChI is InChI=1S/C17H16F2N2O4/c1-17(16(24)20-13-3-2-9(6-13)15(22)23)8-14(21-25-17)10-4-11(18)7-12(19)5-10/h4-7,13H,2-3,8H2,1H3,(H,20,24)(H,22,23)/t13-,17+/m0/s1. The number of amides is 1. The van der Waals surface area contributed by atoms with E-state index >= 15 is 0 Å². The van der Waals surface area contributed by atoms with Crippen LogP contribution in [-0.4, -0.2) is 34.3 Å². The second kappa shape index (κ2) is 6.27. The third-order valence-corrected chi connectivity index (χ3v) is 4.26. The van der Waals surface area contributed by atoms with Gasteiger partial charge in [-0.3, -0.25) is 4.79 Å². The number of benzene rings is 1.